The molecule has 0 saturated carbocycles. The molecule has 0 spiro atoms. The van der Waals surface area contributed by atoms with E-state index in [0.717, 1.165) is 21.6 Å². The number of rotatable bonds is 2. The molecule has 0 aliphatic heterocycles. The number of para-hydroxylation sites is 1. The van der Waals surface area contributed by atoms with Gasteiger partial charge in [-0.3, -0.25) is 4.79 Å². The van der Waals surface area contributed by atoms with E-state index in [-0.39, 0.29) is 5.91 Å². The highest BCUT2D eigenvalue weighted by Gasteiger charge is 2.10. The van der Waals surface area contributed by atoms with Crippen LogP contribution in [0.5, 0.6) is 0 Å². The van der Waals surface area contributed by atoms with Crippen molar-refractivity contribution >= 4 is 33.3 Å². The lowest BCUT2D eigenvalue weighted by Gasteiger charge is -1.98. The Balaban J connectivity index is 1.87. The van der Waals surface area contributed by atoms with Crippen molar-refractivity contribution in [1.82, 2.24) is 9.36 Å². The number of nitrogens with zero attached hydrogens (tertiary/aromatic N) is 1. The van der Waals surface area contributed by atoms with Gasteiger partial charge in [-0.1, -0.05) is 18.2 Å². The lowest BCUT2D eigenvalue weighted by Crippen LogP contribution is -2.10. The van der Waals surface area contributed by atoms with Crippen LogP contribution in [0.15, 0.2) is 36.4 Å². The maximum Gasteiger partial charge on any atom is 0.272 e. The first kappa shape index (κ1) is 11.0. The van der Waals surface area contributed by atoms with Gasteiger partial charge in [-0.25, -0.2) is 0 Å². The van der Waals surface area contributed by atoms with E-state index in [4.69, 9.17) is 0 Å². The number of carbonyl (C=O) groups is 1. The Bertz CT molecular complexity index is 681. The highest BCUT2D eigenvalue weighted by molar-refractivity contribution is 7.10. The summed E-state index contributed by atoms with van der Waals surface area (Å²) in [6.45, 7) is 1.90. The van der Waals surface area contributed by atoms with Crippen molar-refractivity contribution in [1.29, 1.82) is 0 Å². The lowest BCUT2D eigenvalue weighted by atomic mass is 10.2. The van der Waals surface area contributed by atoms with Crippen molar-refractivity contribution in [2.24, 2.45) is 0 Å². The maximum absolute atomic E-state index is 12.0. The predicted octanol–water partition coefficient (Wildman–Crippen LogP) is 3.19. The number of aryl methyl sites for hydroxylation is 1. The fourth-order valence-electron chi connectivity index (χ4n) is 1.80. The van der Waals surface area contributed by atoms with E-state index in [1.165, 1.54) is 11.5 Å². The minimum absolute atomic E-state index is 0.144. The largest absolute Gasteiger partial charge is 0.351 e. The van der Waals surface area contributed by atoms with E-state index >= 15 is 0 Å². The Morgan fingerprint density at radius 3 is 2.89 bits per heavy atom. The highest BCUT2D eigenvalue weighted by atomic mass is 32.1. The van der Waals surface area contributed by atoms with Crippen LogP contribution in [0.25, 0.3) is 10.9 Å². The lowest BCUT2D eigenvalue weighted by molar-refractivity contribution is 0.102. The molecule has 0 fully saturated rings. The van der Waals surface area contributed by atoms with E-state index in [1.54, 1.807) is 0 Å². The molecule has 2 aromatic heterocycles. The van der Waals surface area contributed by atoms with Crippen LogP contribution in [-0.2, 0) is 0 Å². The van der Waals surface area contributed by atoms with E-state index in [1.807, 2.05) is 43.3 Å². The van der Waals surface area contributed by atoms with Crippen LogP contribution < -0.4 is 5.32 Å². The van der Waals surface area contributed by atoms with Crippen molar-refractivity contribution in [3.05, 3.63) is 47.8 Å². The monoisotopic (exact) mass is 257 g/mol. The molecule has 90 valence electrons. The van der Waals surface area contributed by atoms with Crippen LogP contribution >= 0.6 is 11.5 Å². The third kappa shape index (κ3) is 2.00. The average molecular weight is 257 g/mol. The number of aromatic nitrogens is 2. The summed E-state index contributed by atoms with van der Waals surface area (Å²) >= 11 is 1.28. The highest BCUT2D eigenvalue weighted by Crippen LogP contribution is 2.18. The number of aromatic amines is 1. The summed E-state index contributed by atoms with van der Waals surface area (Å²) in [6, 6.07) is 11.5. The van der Waals surface area contributed by atoms with Crippen molar-refractivity contribution < 1.29 is 4.79 Å². The Morgan fingerprint density at radius 2 is 2.17 bits per heavy atom. The third-order valence-corrected chi connectivity index (χ3v) is 3.44. The van der Waals surface area contributed by atoms with Gasteiger partial charge in [0.25, 0.3) is 5.91 Å². The molecule has 0 aliphatic rings. The van der Waals surface area contributed by atoms with Crippen LogP contribution in [0.3, 0.4) is 0 Å². The minimum atomic E-state index is -0.144. The molecule has 0 bridgehead atoms. The summed E-state index contributed by atoms with van der Waals surface area (Å²) in [6.07, 6.45) is 0. The Hall–Kier alpha value is -2.14. The van der Waals surface area contributed by atoms with Crippen molar-refractivity contribution in [2.45, 2.75) is 6.92 Å². The Kier molecular flexibility index (Phi) is 2.60. The van der Waals surface area contributed by atoms with Crippen LogP contribution in [0.2, 0.25) is 0 Å². The summed E-state index contributed by atoms with van der Waals surface area (Å²) in [5, 5.41) is 4.62. The average Bonchev–Trinajstić information content (AvgIpc) is 2.95. The number of H-pyrrole nitrogens is 1. The molecule has 18 heavy (non-hydrogen) atoms. The van der Waals surface area contributed by atoms with Gasteiger partial charge in [-0.05, 0) is 36.7 Å². The maximum atomic E-state index is 12.0. The third-order valence-electron chi connectivity index (χ3n) is 2.64. The fourth-order valence-corrected chi connectivity index (χ4v) is 2.45. The standard InChI is InChI=1S/C13H11N3OS/c1-8-6-12(18-16-8)15-13(17)11-7-9-4-2-3-5-10(9)14-11/h2-7,14H,1H3,(H,15,17). The molecule has 3 aromatic rings. The number of amides is 1. The predicted molar refractivity (Wildman–Crippen MR) is 73.1 cm³/mol. The molecule has 5 heteroatoms. The quantitative estimate of drug-likeness (QED) is 0.740. The van der Waals surface area contributed by atoms with E-state index in [9.17, 15) is 4.79 Å². The topological polar surface area (TPSA) is 57.8 Å². The molecule has 0 aliphatic carbocycles. The van der Waals surface area contributed by atoms with Gasteiger partial charge in [0.05, 0.1) is 5.69 Å². The number of hydrogen-bond acceptors (Lipinski definition) is 3. The smallest absolute Gasteiger partial charge is 0.272 e. The molecule has 1 aromatic carbocycles. The van der Waals surface area contributed by atoms with Crippen LogP contribution in [-0.4, -0.2) is 15.3 Å². The molecule has 0 atom stereocenters. The van der Waals surface area contributed by atoms with Crippen molar-refractivity contribution in [2.75, 3.05) is 5.32 Å². The van der Waals surface area contributed by atoms with Gasteiger partial charge in [-0.2, -0.15) is 4.37 Å². The Morgan fingerprint density at radius 1 is 1.33 bits per heavy atom. The Labute approximate surface area is 108 Å². The first-order valence-electron chi connectivity index (χ1n) is 5.55. The van der Waals surface area contributed by atoms with E-state index in [2.05, 4.69) is 14.7 Å². The first-order valence-corrected chi connectivity index (χ1v) is 6.32. The molecular formula is C13H11N3OS. The molecule has 0 radical (unpaired) electrons. The normalized spacial score (nSPS) is 10.7. The van der Waals surface area contributed by atoms with Crippen LogP contribution in [0.1, 0.15) is 16.2 Å². The zero-order valence-corrected chi connectivity index (χ0v) is 10.5. The molecule has 2 heterocycles. The number of hydrogen-bond donors (Lipinski definition) is 2. The second kappa shape index (κ2) is 4.27. The molecule has 4 nitrogen and oxygen atoms in total. The number of benzene rings is 1. The second-order valence-corrected chi connectivity index (χ2v) is 4.86. The fraction of sp³-hybridized carbons (Fsp3) is 0.0769. The van der Waals surface area contributed by atoms with E-state index < -0.39 is 0 Å². The van der Waals surface area contributed by atoms with Gasteiger partial charge in [0, 0.05) is 10.9 Å². The van der Waals surface area contributed by atoms with Gasteiger partial charge in [-0.15, -0.1) is 0 Å². The SMILES string of the molecule is Cc1cc(NC(=O)c2cc3ccccc3[nH]2)sn1. The van der Waals surface area contributed by atoms with Gasteiger partial charge >= 0.3 is 0 Å². The summed E-state index contributed by atoms with van der Waals surface area (Å²) < 4.78 is 4.12. The number of nitrogens with one attached hydrogen (secondary N) is 2. The van der Waals surface area contributed by atoms with Gasteiger partial charge < -0.3 is 10.3 Å². The molecule has 3 rings (SSSR count). The molecule has 0 unspecified atom stereocenters. The van der Waals surface area contributed by atoms with Gasteiger partial charge in [0.15, 0.2) is 0 Å². The van der Waals surface area contributed by atoms with Crippen LogP contribution in [0.4, 0.5) is 5.00 Å². The zero-order chi connectivity index (χ0) is 12.5. The first-order chi connectivity index (χ1) is 8.72. The van der Waals surface area contributed by atoms with Crippen LogP contribution in [0, 0.1) is 6.92 Å². The molecule has 2 N–H and O–H groups in total. The van der Waals surface area contributed by atoms with Gasteiger partial charge in [0.1, 0.15) is 10.7 Å². The van der Waals surface area contributed by atoms with Crippen molar-refractivity contribution in [3.8, 4) is 0 Å². The summed E-state index contributed by atoms with van der Waals surface area (Å²) in [4.78, 5) is 15.1. The number of fused-ring (bicyclic) bond motifs is 1. The number of anilines is 1. The summed E-state index contributed by atoms with van der Waals surface area (Å²) in [5.41, 5.74) is 2.43. The second-order valence-electron chi connectivity index (χ2n) is 4.06. The number of carbonyl (C=O) groups excluding carboxylic acids is 1. The summed E-state index contributed by atoms with van der Waals surface area (Å²) in [5.74, 6) is -0.144. The molecule has 0 saturated heterocycles. The minimum Gasteiger partial charge on any atom is -0.351 e. The molecule has 1 amide bonds. The van der Waals surface area contributed by atoms with Gasteiger partial charge in [0.2, 0.25) is 0 Å². The summed E-state index contributed by atoms with van der Waals surface area (Å²) in [7, 11) is 0. The zero-order valence-electron chi connectivity index (χ0n) is 9.73. The van der Waals surface area contributed by atoms with E-state index in [0.29, 0.717) is 5.69 Å². The van der Waals surface area contributed by atoms with Crippen molar-refractivity contribution in [3.63, 3.8) is 0 Å². The molecular weight excluding hydrogens is 246 g/mol.